The quantitative estimate of drug-likeness (QED) is 0.814. The number of hydrogen-bond acceptors (Lipinski definition) is 3. The van der Waals surface area contributed by atoms with Gasteiger partial charge in [-0.25, -0.2) is 0 Å². The zero-order valence-electron chi connectivity index (χ0n) is 12.4. The molecule has 1 aliphatic rings. The molecule has 1 fully saturated rings. The van der Waals surface area contributed by atoms with Gasteiger partial charge in [-0.1, -0.05) is 11.6 Å². The molecule has 0 heterocycles. The molecule has 21 heavy (non-hydrogen) atoms. The Morgan fingerprint density at radius 3 is 2.81 bits per heavy atom. The van der Waals surface area contributed by atoms with E-state index in [1.165, 1.54) is 0 Å². The second kappa shape index (κ2) is 7.14. The molecule has 0 spiro atoms. The van der Waals surface area contributed by atoms with Crippen molar-refractivity contribution in [1.82, 2.24) is 5.32 Å². The maximum absolute atomic E-state index is 12.2. The summed E-state index contributed by atoms with van der Waals surface area (Å²) in [5.41, 5.74) is 0.899. The lowest BCUT2D eigenvalue weighted by Crippen LogP contribution is -2.44. The molecule has 0 bridgehead atoms. The number of aryl methyl sites for hydroxylation is 1. The lowest BCUT2D eigenvalue weighted by Gasteiger charge is -2.21. The Morgan fingerprint density at radius 1 is 1.52 bits per heavy atom. The topological polar surface area (TPSA) is 58.6 Å². The van der Waals surface area contributed by atoms with Gasteiger partial charge in [-0.15, -0.1) is 0 Å². The molecule has 0 aromatic heterocycles. The van der Waals surface area contributed by atoms with Crippen molar-refractivity contribution < 1.29 is 14.6 Å². The Hall–Kier alpha value is -1.26. The van der Waals surface area contributed by atoms with Crippen LogP contribution in [0, 0.1) is 12.8 Å². The van der Waals surface area contributed by atoms with Crippen molar-refractivity contribution >= 4 is 17.5 Å². The van der Waals surface area contributed by atoms with Crippen LogP contribution in [0.2, 0.25) is 5.02 Å². The van der Waals surface area contributed by atoms with Gasteiger partial charge in [0.1, 0.15) is 5.75 Å². The Morgan fingerprint density at radius 2 is 2.24 bits per heavy atom. The van der Waals surface area contributed by atoms with Gasteiger partial charge >= 0.3 is 0 Å². The molecule has 2 N–H and O–H groups in total. The van der Waals surface area contributed by atoms with Crippen LogP contribution in [0.5, 0.6) is 5.75 Å². The molecule has 1 aromatic carbocycles. The maximum atomic E-state index is 12.2. The summed E-state index contributed by atoms with van der Waals surface area (Å²) in [4.78, 5) is 12.2. The average molecular weight is 312 g/mol. The summed E-state index contributed by atoms with van der Waals surface area (Å²) in [6, 6.07) is 5.38. The van der Waals surface area contributed by atoms with E-state index in [9.17, 15) is 4.79 Å². The SMILES string of the molecule is Cc1cc(Cl)ccc1OC(C)C(=O)NC(CCO)C1CC1. The van der Waals surface area contributed by atoms with Crippen LogP contribution < -0.4 is 10.1 Å². The molecule has 1 amide bonds. The van der Waals surface area contributed by atoms with E-state index in [2.05, 4.69) is 5.32 Å². The van der Waals surface area contributed by atoms with Crippen molar-refractivity contribution in [2.75, 3.05) is 6.61 Å². The summed E-state index contributed by atoms with van der Waals surface area (Å²) < 4.78 is 5.71. The standard InChI is InChI=1S/C16H22ClNO3/c1-10-9-13(17)5-6-15(10)21-11(2)16(20)18-14(7-8-19)12-3-4-12/h5-6,9,11-12,14,19H,3-4,7-8H2,1-2H3,(H,18,20). The first-order valence-corrected chi connectivity index (χ1v) is 7.73. The van der Waals surface area contributed by atoms with Crippen LogP contribution in [-0.4, -0.2) is 29.8 Å². The molecular formula is C16H22ClNO3. The summed E-state index contributed by atoms with van der Waals surface area (Å²) in [6.07, 6.45) is 2.26. The molecule has 0 saturated heterocycles. The van der Waals surface area contributed by atoms with E-state index < -0.39 is 6.10 Å². The molecule has 2 rings (SSSR count). The first-order chi connectivity index (χ1) is 10.0. The Balaban J connectivity index is 1.92. The van der Waals surface area contributed by atoms with Crippen LogP contribution >= 0.6 is 11.6 Å². The molecule has 1 aromatic rings. The third kappa shape index (κ3) is 4.61. The summed E-state index contributed by atoms with van der Waals surface area (Å²) in [5, 5.41) is 12.7. The fourth-order valence-corrected chi connectivity index (χ4v) is 2.58. The van der Waals surface area contributed by atoms with Crippen molar-refractivity contribution in [2.24, 2.45) is 5.92 Å². The molecule has 0 radical (unpaired) electrons. The van der Waals surface area contributed by atoms with E-state index >= 15 is 0 Å². The first-order valence-electron chi connectivity index (χ1n) is 7.35. The summed E-state index contributed by atoms with van der Waals surface area (Å²) in [7, 11) is 0. The smallest absolute Gasteiger partial charge is 0.261 e. The van der Waals surface area contributed by atoms with Gasteiger partial charge in [0, 0.05) is 17.7 Å². The third-order valence-electron chi connectivity index (χ3n) is 3.77. The zero-order valence-corrected chi connectivity index (χ0v) is 13.2. The summed E-state index contributed by atoms with van der Waals surface area (Å²) in [5.74, 6) is 1.02. The van der Waals surface area contributed by atoms with Gasteiger partial charge in [0.25, 0.3) is 5.91 Å². The fraction of sp³-hybridized carbons (Fsp3) is 0.562. The van der Waals surface area contributed by atoms with Gasteiger partial charge < -0.3 is 15.2 Å². The summed E-state index contributed by atoms with van der Waals surface area (Å²) in [6.45, 7) is 3.71. The molecule has 0 aliphatic heterocycles. The van der Waals surface area contributed by atoms with Crippen LogP contribution in [-0.2, 0) is 4.79 Å². The van der Waals surface area contributed by atoms with Crippen molar-refractivity contribution in [1.29, 1.82) is 0 Å². The van der Waals surface area contributed by atoms with Gasteiger partial charge in [0.15, 0.2) is 6.10 Å². The maximum Gasteiger partial charge on any atom is 0.261 e. The lowest BCUT2D eigenvalue weighted by atomic mass is 10.1. The van der Waals surface area contributed by atoms with Crippen molar-refractivity contribution in [3.05, 3.63) is 28.8 Å². The van der Waals surface area contributed by atoms with Crippen LogP contribution in [0.1, 0.15) is 31.7 Å². The van der Waals surface area contributed by atoms with Crippen LogP contribution in [0.15, 0.2) is 18.2 Å². The van der Waals surface area contributed by atoms with Gasteiger partial charge in [-0.3, -0.25) is 4.79 Å². The molecule has 5 heteroatoms. The van der Waals surface area contributed by atoms with Gasteiger partial charge in [0.05, 0.1) is 0 Å². The highest BCUT2D eigenvalue weighted by molar-refractivity contribution is 6.30. The number of ether oxygens (including phenoxy) is 1. The van der Waals surface area contributed by atoms with E-state index in [1.807, 2.05) is 6.92 Å². The highest BCUT2D eigenvalue weighted by Crippen LogP contribution is 2.34. The number of nitrogens with one attached hydrogen (secondary N) is 1. The van der Waals surface area contributed by atoms with Gasteiger partial charge in [-0.05, 0) is 62.8 Å². The van der Waals surface area contributed by atoms with Crippen molar-refractivity contribution in [3.8, 4) is 5.75 Å². The highest BCUT2D eigenvalue weighted by Gasteiger charge is 2.32. The highest BCUT2D eigenvalue weighted by atomic mass is 35.5. The van der Waals surface area contributed by atoms with E-state index in [0.29, 0.717) is 23.1 Å². The third-order valence-corrected chi connectivity index (χ3v) is 4.00. The van der Waals surface area contributed by atoms with Crippen molar-refractivity contribution in [2.45, 2.75) is 45.3 Å². The predicted molar refractivity (Wildman–Crippen MR) is 82.6 cm³/mol. The largest absolute Gasteiger partial charge is 0.481 e. The number of halogens is 1. The molecule has 2 atom stereocenters. The minimum absolute atomic E-state index is 0.0554. The van der Waals surface area contributed by atoms with E-state index in [-0.39, 0.29) is 18.6 Å². The van der Waals surface area contributed by atoms with Crippen LogP contribution in [0.25, 0.3) is 0 Å². The lowest BCUT2D eigenvalue weighted by molar-refractivity contribution is -0.128. The Kier molecular flexibility index (Phi) is 5.48. The molecule has 1 aliphatic carbocycles. The van der Waals surface area contributed by atoms with Crippen LogP contribution in [0.4, 0.5) is 0 Å². The number of amides is 1. The zero-order chi connectivity index (χ0) is 15.4. The summed E-state index contributed by atoms with van der Waals surface area (Å²) >= 11 is 5.90. The predicted octanol–water partition coefficient (Wildman–Crippen LogP) is 2.69. The second-order valence-electron chi connectivity index (χ2n) is 5.63. The molecule has 4 nitrogen and oxygen atoms in total. The molecule has 116 valence electrons. The van der Waals surface area contributed by atoms with Crippen molar-refractivity contribution in [3.63, 3.8) is 0 Å². The Labute approximate surface area is 130 Å². The molecule has 2 unspecified atom stereocenters. The molecule has 1 saturated carbocycles. The van der Waals surface area contributed by atoms with Crippen LogP contribution in [0.3, 0.4) is 0 Å². The monoisotopic (exact) mass is 311 g/mol. The number of rotatable bonds is 7. The van der Waals surface area contributed by atoms with Gasteiger partial charge in [0.2, 0.25) is 0 Å². The Bertz CT molecular complexity index is 502. The minimum Gasteiger partial charge on any atom is -0.481 e. The minimum atomic E-state index is -0.579. The number of aliphatic hydroxyl groups is 1. The second-order valence-corrected chi connectivity index (χ2v) is 6.07. The number of hydrogen-bond donors (Lipinski definition) is 2. The number of benzene rings is 1. The normalized spacial score (nSPS) is 17.1. The fourth-order valence-electron chi connectivity index (χ4n) is 2.35. The van der Waals surface area contributed by atoms with E-state index in [0.717, 1.165) is 18.4 Å². The molecular weight excluding hydrogens is 290 g/mol. The average Bonchev–Trinajstić information content (AvgIpc) is 3.25. The number of aliphatic hydroxyl groups excluding tert-OH is 1. The van der Waals surface area contributed by atoms with Gasteiger partial charge in [-0.2, -0.15) is 0 Å². The number of carbonyl (C=O) groups excluding carboxylic acids is 1. The number of carbonyl (C=O) groups is 1. The van der Waals surface area contributed by atoms with E-state index in [1.54, 1.807) is 25.1 Å². The van der Waals surface area contributed by atoms with E-state index in [4.69, 9.17) is 21.4 Å². The first kappa shape index (κ1) is 16.1.